The Morgan fingerprint density at radius 2 is 1.73 bits per heavy atom. The first kappa shape index (κ1) is 14.8. The topological polar surface area (TPSA) is 63.6 Å². The number of ether oxygens (including phenoxy) is 1. The average molecular weight is 361 g/mol. The van der Waals surface area contributed by atoms with Crippen molar-refractivity contribution in [2.75, 3.05) is 0 Å². The zero-order valence-electron chi connectivity index (χ0n) is 11.6. The van der Waals surface area contributed by atoms with Crippen LogP contribution in [0.25, 0.3) is 0 Å². The summed E-state index contributed by atoms with van der Waals surface area (Å²) >= 11 is 3.34. The molecule has 1 saturated carbocycles. The molecule has 4 nitrogen and oxygen atoms in total. The zero-order valence-corrected chi connectivity index (χ0v) is 13.2. The lowest BCUT2D eigenvalue weighted by molar-refractivity contribution is -0.147. The molecule has 1 aliphatic rings. The van der Waals surface area contributed by atoms with Gasteiger partial charge >= 0.3 is 5.97 Å². The highest BCUT2D eigenvalue weighted by atomic mass is 79.9. The predicted molar refractivity (Wildman–Crippen MR) is 84.2 cm³/mol. The van der Waals surface area contributed by atoms with Gasteiger partial charge in [-0.3, -0.25) is 4.79 Å². The molecule has 2 aromatic rings. The molecule has 0 heterocycles. The van der Waals surface area contributed by atoms with E-state index < -0.39 is 11.6 Å². The van der Waals surface area contributed by atoms with Crippen molar-refractivity contribution in [2.45, 2.75) is 18.4 Å². The van der Waals surface area contributed by atoms with Gasteiger partial charge in [-0.25, -0.2) is 4.79 Å². The van der Waals surface area contributed by atoms with E-state index in [9.17, 15) is 9.59 Å². The maximum Gasteiger partial charge on any atom is 0.348 e. The second-order valence-electron chi connectivity index (χ2n) is 5.27. The minimum absolute atomic E-state index is 0.0905. The summed E-state index contributed by atoms with van der Waals surface area (Å²) in [5.41, 5.74) is 0.0494. The lowest BCUT2D eigenvalue weighted by Crippen LogP contribution is -2.28. The highest BCUT2D eigenvalue weighted by molar-refractivity contribution is 9.10. The molecule has 0 bridgehead atoms. The third-order valence-electron chi connectivity index (χ3n) is 3.61. The molecule has 0 saturated heterocycles. The summed E-state index contributed by atoms with van der Waals surface area (Å²) in [6.45, 7) is 0. The summed E-state index contributed by atoms with van der Waals surface area (Å²) in [5, 5.41) is 9.10. The van der Waals surface area contributed by atoms with Crippen molar-refractivity contribution >= 4 is 27.7 Å². The van der Waals surface area contributed by atoms with Crippen LogP contribution in [-0.2, 0) is 4.79 Å². The molecule has 1 N–H and O–H groups in total. The normalized spacial score (nSPS) is 15.1. The first-order chi connectivity index (χ1) is 10.5. The molecule has 0 unspecified atom stereocenters. The summed E-state index contributed by atoms with van der Waals surface area (Å²) in [7, 11) is 0. The Balaban J connectivity index is 1.77. The van der Waals surface area contributed by atoms with Crippen LogP contribution in [0.2, 0.25) is 0 Å². The molecule has 0 amide bonds. The van der Waals surface area contributed by atoms with E-state index in [1.165, 1.54) is 0 Å². The van der Waals surface area contributed by atoms with Gasteiger partial charge in [0.25, 0.3) is 0 Å². The van der Waals surface area contributed by atoms with E-state index in [2.05, 4.69) is 15.9 Å². The first-order valence-corrected chi connectivity index (χ1v) is 7.62. The SMILES string of the molecule is O=C(c1ccc(OC2(C(=O)O)CC2)cc1)c1cccc(Br)c1. The number of ketones is 1. The smallest absolute Gasteiger partial charge is 0.348 e. The molecule has 0 aromatic heterocycles. The maximum atomic E-state index is 12.4. The molecule has 112 valence electrons. The monoisotopic (exact) mass is 360 g/mol. The summed E-state index contributed by atoms with van der Waals surface area (Å²) in [6.07, 6.45) is 1.03. The number of rotatable bonds is 5. The molecule has 3 rings (SSSR count). The third-order valence-corrected chi connectivity index (χ3v) is 4.10. The quantitative estimate of drug-likeness (QED) is 0.826. The van der Waals surface area contributed by atoms with Crippen LogP contribution >= 0.6 is 15.9 Å². The summed E-state index contributed by atoms with van der Waals surface area (Å²) in [6, 6.07) is 13.7. The second-order valence-corrected chi connectivity index (χ2v) is 6.18. The van der Waals surface area contributed by atoms with Crippen molar-refractivity contribution in [2.24, 2.45) is 0 Å². The van der Waals surface area contributed by atoms with Crippen LogP contribution in [0.5, 0.6) is 5.75 Å². The van der Waals surface area contributed by atoms with Crippen LogP contribution in [0, 0.1) is 0 Å². The Bertz CT molecular complexity index is 733. The van der Waals surface area contributed by atoms with Crippen molar-refractivity contribution in [3.8, 4) is 5.75 Å². The largest absolute Gasteiger partial charge is 0.478 e. The van der Waals surface area contributed by atoms with Crippen molar-refractivity contribution in [1.82, 2.24) is 0 Å². The number of carbonyl (C=O) groups excluding carboxylic acids is 1. The van der Waals surface area contributed by atoms with Gasteiger partial charge in [0.05, 0.1) is 0 Å². The van der Waals surface area contributed by atoms with Crippen LogP contribution < -0.4 is 4.74 Å². The number of benzene rings is 2. The van der Waals surface area contributed by atoms with E-state index in [1.54, 1.807) is 42.5 Å². The molecule has 0 atom stereocenters. The van der Waals surface area contributed by atoms with Gasteiger partial charge in [0.1, 0.15) is 5.75 Å². The molecule has 22 heavy (non-hydrogen) atoms. The molecule has 1 aliphatic carbocycles. The summed E-state index contributed by atoms with van der Waals surface area (Å²) in [4.78, 5) is 23.5. The lowest BCUT2D eigenvalue weighted by atomic mass is 10.0. The van der Waals surface area contributed by atoms with Crippen molar-refractivity contribution in [3.63, 3.8) is 0 Å². The van der Waals surface area contributed by atoms with Gasteiger partial charge in [-0.1, -0.05) is 28.1 Å². The molecular weight excluding hydrogens is 348 g/mol. The van der Waals surface area contributed by atoms with Crippen molar-refractivity contribution in [1.29, 1.82) is 0 Å². The van der Waals surface area contributed by atoms with Crippen LogP contribution in [0.3, 0.4) is 0 Å². The number of hydrogen-bond acceptors (Lipinski definition) is 3. The van der Waals surface area contributed by atoms with Crippen molar-refractivity contribution in [3.05, 3.63) is 64.1 Å². The Morgan fingerprint density at radius 1 is 1.05 bits per heavy atom. The number of carbonyl (C=O) groups is 2. The van der Waals surface area contributed by atoms with Gasteiger partial charge < -0.3 is 9.84 Å². The number of halogens is 1. The fourth-order valence-corrected chi connectivity index (χ4v) is 2.57. The minimum Gasteiger partial charge on any atom is -0.478 e. The highest BCUT2D eigenvalue weighted by Crippen LogP contribution is 2.40. The zero-order chi connectivity index (χ0) is 15.7. The number of aliphatic carboxylic acids is 1. The van der Waals surface area contributed by atoms with Crippen LogP contribution in [0.4, 0.5) is 0 Å². The van der Waals surface area contributed by atoms with Crippen LogP contribution in [-0.4, -0.2) is 22.5 Å². The minimum atomic E-state index is -1.07. The van der Waals surface area contributed by atoms with Gasteiger partial charge in [-0.15, -0.1) is 0 Å². The Kier molecular flexibility index (Phi) is 3.74. The average Bonchev–Trinajstić information content (AvgIpc) is 3.28. The highest BCUT2D eigenvalue weighted by Gasteiger charge is 2.53. The van der Waals surface area contributed by atoms with E-state index in [4.69, 9.17) is 9.84 Å². The molecule has 2 aromatic carbocycles. The van der Waals surface area contributed by atoms with E-state index >= 15 is 0 Å². The van der Waals surface area contributed by atoms with Gasteiger partial charge in [0.15, 0.2) is 5.78 Å². The van der Waals surface area contributed by atoms with Crippen molar-refractivity contribution < 1.29 is 19.4 Å². The van der Waals surface area contributed by atoms with E-state index in [0.717, 1.165) is 4.47 Å². The predicted octanol–water partition coefficient (Wildman–Crippen LogP) is 3.68. The van der Waals surface area contributed by atoms with Gasteiger partial charge in [0.2, 0.25) is 5.60 Å². The molecule has 0 aliphatic heterocycles. The fourth-order valence-electron chi connectivity index (χ4n) is 2.17. The Hall–Kier alpha value is -2.14. The van der Waals surface area contributed by atoms with Gasteiger partial charge in [0, 0.05) is 28.4 Å². The first-order valence-electron chi connectivity index (χ1n) is 6.83. The molecule has 5 heteroatoms. The van der Waals surface area contributed by atoms with Crippen LogP contribution in [0.15, 0.2) is 53.0 Å². The number of carboxylic acids is 1. The number of carboxylic acid groups (broad SMARTS) is 1. The Morgan fingerprint density at radius 3 is 2.27 bits per heavy atom. The van der Waals surface area contributed by atoms with E-state index in [1.807, 2.05) is 6.07 Å². The standard InChI is InChI=1S/C17H13BrO4/c18-13-3-1-2-12(10-13)15(19)11-4-6-14(7-5-11)22-17(8-9-17)16(20)21/h1-7,10H,8-9H2,(H,20,21). The van der Waals surface area contributed by atoms with Gasteiger partial charge in [-0.2, -0.15) is 0 Å². The molecule has 0 spiro atoms. The fraction of sp³-hybridized carbons (Fsp3) is 0.176. The molecule has 0 radical (unpaired) electrons. The number of hydrogen-bond donors (Lipinski definition) is 1. The maximum absolute atomic E-state index is 12.4. The summed E-state index contributed by atoms with van der Waals surface area (Å²) in [5.74, 6) is -0.570. The third kappa shape index (κ3) is 2.90. The second kappa shape index (κ2) is 5.57. The summed E-state index contributed by atoms with van der Waals surface area (Å²) < 4.78 is 6.36. The Labute approximate surface area is 135 Å². The molecular formula is C17H13BrO4. The van der Waals surface area contributed by atoms with Crippen LogP contribution in [0.1, 0.15) is 28.8 Å². The van der Waals surface area contributed by atoms with E-state index in [0.29, 0.717) is 29.7 Å². The van der Waals surface area contributed by atoms with E-state index in [-0.39, 0.29) is 5.78 Å². The van der Waals surface area contributed by atoms with Gasteiger partial charge in [-0.05, 0) is 36.4 Å². The molecule has 1 fully saturated rings. The lowest BCUT2D eigenvalue weighted by Gasteiger charge is -2.13.